The fourth-order valence-corrected chi connectivity index (χ4v) is 4.57. The molecule has 26 heavy (non-hydrogen) atoms. The highest BCUT2D eigenvalue weighted by atomic mass is 79.9. The topological polar surface area (TPSA) is 78.5 Å². The van der Waals surface area contributed by atoms with E-state index in [-0.39, 0.29) is 5.91 Å². The van der Waals surface area contributed by atoms with Gasteiger partial charge in [-0.3, -0.25) is 14.9 Å². The van der Waals surface area contributed by atoms with Crippen LogP contribution in [0.5, 0.6) is 0 Å². The number of thiophene rings is 1. The molecule has 0 atom stereocenters. The Morgan fingerprint density at radius 2 is 1.85 bits per heavy atom. The van der Waals surface area contributed by atoms with Crippen LogP contribution in [-0.2, 0) is 12.8 Å². The summed E-state index contributed by atoms with van der Waals surface area (Å²) in [5, 5.41) is 5.70. The van der Waals surface area contributed by atoms with E-state index in [9.17, 15) is 14.4 Å². The first-order chi connectivity index (χ1) is 12.4. The number of aryl methyl sites for hydroxylation is 1. The van der Waals surface area contributed by atoms with Gasteiger partial charge in [-0.15, -0.1) is 11.3 Å². The number of halogens is 1. The summed E-state index contributed by atoms with van der Waals surface area (Å²) in [6.45, 7) is 0. The Labute approximate surface area is 163 Å². The van der Waals surface area contributed by atoms with Crippen LogP contribution in [-0.4, -0.2) is 36.8 Å². The van der Waals surface area contributed by atoms with Gasteiger partial charge in [0.1, 0.15) is 5.00 Å². The second-order valence-electron chi connectivity index (χ2n) is 6.15. The van der Waals surface area contributed by atoms with Crippen LogP contribution in [0.15, 0.2) is 28.7 Å². The molecule has 1 aromatic heterocycles. The van der Waals surface area contributed by atoms with Crippen LogP contribution in [0.4, 0.5) is 9.80 Å². The molecule has 0 fully saturated rings. The molecule has 0 radical (unpaired) electrons. The first-order valence-electron chi connectivity index (χ1n) is 8.11. The lowest BCUT2D eigenvalue weighted by Crippen LogP contribution is -2.39. The molecule has 0 spiro atoms. The van der Waals surface area contributed by atoms with E-state index < -0.39 is 11.9 Å². The third-order valence-electron chi connectivity index (χ3n) is 4.12. The second-order valence-corrected chi connectivity index (χ2v) is 8.11. The number of imide groups is 1. The Hall–Kier alpha value is -2.19. The predicted octanol–water partition coefficient (Wildman–Crippen LogP) is 3.66. The van der Waals surface area contributed by atoms with Crippen molar-refractivity contribution in [3.63, 3.8) is 0 Å². The lowest BCUT2D eigenvalue weighted by atomic mass is 10.1. The Morgan fingerprint density at radius 3 is 2.54 bits per heavy atom. The Balaban J connectivity index is 1.91. The minimum atomic E-state index is -0.490. The highest BCUT2D eigenvalue weighted by Gasteiger charge is 2.29. The average Bonchev–Trinajstić information content (AvgIpc) is 3.15. The van der Waals surface area contributed by atoms with Crippen LogP contribution in [0.2, 0.25) is 0 Å². The van der Waals surface area contributed by atoms with Gasteiger partial charge in [0.25, 0.3) is 11.8 Å². The molecule has 8 heteroatoms. The zero-order valence-electron chi connectivity index (χ0n) is 14.4. The molecule has 2 aromatic rings. The molecule has 1 aliphatic rings. The number of hydrogen-bond acceptors (Lipinski definition) is 4. The summed E-state index contributed by atoms with van der Waals surface area (Å²) in [5.41, 5.74) is 1.82. The van der Waals surface area contributed by atoms with Crippen LogP contribution >= 0.6 is 27.3 Å². The molecule has 0 saturated carbocycles. The van der Waals surface area contributed by atoms with Crippen LogP contribution < -0.4 is 10.6 Å². The average molecular weight is 436 g/mol. The quantitative estimate of drug-likeness (QED) is 0.771. The maximum absolute atomic E-state index is 12.7. The van der Waals surface area contributed by atoms with Crippen LogP contribution in [0.3, 0.4) is 0 Å². The summed E-state index contributed by atoms with van der Waals surface area (Å²) >= 11 is 4.77. The molecule has 0 unspecified atom stereocenters. The van der Waals surface area contributed by atoms with Crippen molar-refractivity contribution in [2.45, 2.75) is 19.3 Å². The molecule has 1 heterocycles. The van der Waals surface area contributed by atoms with Gasteiger partial charge in [-0.25, -0.2) is 4.79 Å². The summed E-state index contributed by atoms with van der Waals surface area (Å²) in [6, 6.07) is 6.60. The summed E-state index contributed by atoms with van der Waals surface area (Å²) < 4.78 is 0.676. The number of carbonyl (C=O) groups excluding carboxylic acids is 3. The first kappa shape index (κ1) is 18.6. The van der Waals surface area contributed by atoms with Crippen LogP contribution in [0.25, 0.3) is 0 Å². The summed E-state index contributed by atoms with van der Waals surface area (Å²) in [4.78, 5) is 39.5. The van der Waals surface area contributed by atoms with Crippen molar-refractivity contribution in [1.82, 2.24) is 10.2 Å². The third kappa shape index (κ3) is 3.66. The molecule has 1 aliphatic carbocycles. The fourth-order valence-electron chi connectivity index (χ4n) is 2.82. The number of nitrogens with zero attached hydrogens (tertiary/aromatic N) is 1. The van der Waals surface area contributed by atoms with Gasteiger partial charge in [-0.05, 0) is 52.9 Å². The lowest BCUT2D eigenvalue weighted by molar-refractivity contribution is 0.0957. The van der Waals surface area contributed by atoms with Gasteiger partial charge in [-0.2, -0.15) is 0 Å². The summed E-state index contributed by atoms with van der Waals surface area (Å²) in [7, 11) is 3.13. The van der Waals surface area contributed by atoms with E-state index in [4.69, 9.17) is 0 Å². The van der Waals surface area contributed by atoms with Gasteiger partial charge in [0, 0.05) is 23.4 Å². The molecule has 0 aliphatic heterocycles. The van der Waals surface area contributed by atoms with E-state index in [1.807, 2.05) is 6.07 Å². The minimum Gasteiger partial charge on any atom is -0.331 e. The fraction of sp³-hybridized carbons (Fsp3) is 0.278. The van der Waals surface area contributed by atoms with Crippen molar-refractivity contribution >= 4 is 50.1 Å². The smallest absolute Gasteiger partial charge is 0.323 e. The lowest BCUT2D eigenvalue weighted by Gasteiger charge is -2.13. The van der Waals surface area contributed by atoms with Crippen molar-refractivity contribution in [3.8, 4) is 0 Å². The Morgan fingerprint density at radius 1 is 1.12 bits per heavy atom. The monoisotopic (exact) mass is 435 g/mol. The molecule has 2 N–H and O–H groups in total. The van der Waals surface area contributed by atoms with Crippen LogP contribution in [0.1, 0.15) is 37.6 Å². The molecule has 6 nitrogen and oxygen atoms in total. The van der Waals surface area contributed by atoms with Gasteiger partial charge < -0.3 is 10.2 Å². The van der Waals surface area contributed by atoms with Crippen molar-refractivity contribution in [3.05, 3.63) is 50.3 Å². The Kier molecular flexibility index (Phi) is 5.43. The highest BCUT2D eigenvalue weighted by Crippen LogP contribution is 2.39. The van der Waals surface area contributed by atoms with E-state index in [1.54, 1.807) is 32.3 Å². The van der Waals surface area contributed by atoms with E-state index in [2.05, 4.69) is 26.6 Å². The molecule has 1 aromatic carbocycles. The van der Waals surface area contributed by atoms with Gasteiger partial charge in [0.2, 0.25) is 0 Å². The summed E-state index contributed by atoms with van der Waals surface area (Å²) in [5.74, 6) is -0.782. The van der Waals surface area contributed by atoms with Crippen molar-refractivity contribution in [2.24, 2.45) is 0 Å². The minimum absolute atomic E-state index is 0.301. The molecule has 0 bridgehead atoms. The van der Waals surface area contributed by atoms with Crippen molar-refractivity contribution in [2.75, 3.05) is 19.4 Å². The van der Waals surface area contributed by atoms with Crippen LogP contribution in [0, 0.1) is 0 Å². The number of urea groups is 1. The first-order valence-corrected chi connectivity index (χ1v) is 9.72. The standard InChI is InChI=1S/C18H18BrN3O3S/c1-22(2)18(25)21-16(24)14-11-7-5-9-13(11)26-17(14)20-15(23)10-6-3-4-8-12(10)19/h3-4,6,8H,5,7,9H2,1-2H3,(H,20,23)(H,21,24,25). The zero-order valence-corrected chi connectivity index (χ0v) is 16.8. The largest absolute Gasteiger partial charge is 0.331 e. The van der Waals surface area contributed by atoms with E-state index >= 15 is 0 Å². The van der Waals surface area contributed by atoms with Crippen molar-refractivity contribution in [1.29, 1.82) is 0 Å². The number of anilines is 1. The summed E-state index contributed by atoms with van der Waals surface area (Å²) in [6.07, 6.45) is 2.63. The maximum atomic E-state index is 12.7. The number of carbonyl (C=O) groups is 3. The molecule has 0 saturated heterocycles. The van der Waals surface area contributed by atoms with E-state index in [1.165, 1.54) is 16.2 Å². The van der Waals surface area contributed by atoms with Crippen molar-refractivity contribution < 1.29 is 14.4 Å². The van der Waals surface area contributed by atoms with Gasteiger partial charge >= 0.3 is 6.03 Å². The highest BCUT2D eigenvalue weighted by molar-refractivity contribution is 9.10. The van der Waals surface area contributed by atoms with Gasteiger partial charge in [-0.1, -0.05) is 12.1 Å². The molecular weight excluding hydrogens is 418 g/mol. The normalized spacial score (nSPS) is 12.4. The second kappa shape index (κ2) is 7.59. The number of benzene rings is 1. The van der Waals surface area contributed by atoms with E-state index in [0.29, 0.717) is 20.6 Å². The maximum Gasteiger partial charge on any atom is 0.323 e. The molecule has 4 amide bonds. The zero-order chi connectivity index (χ0) is 18.8. The third-order valence-corrected chi connectivity index (χ3v) is 6.02. The number of fused-ring (bicyclic) bond motifs is 1. The Bertz CT molecular complexity index is 892. The van der Waals surface area contributed by atoms with Gasteiger partial charge in [0.15, 0.2) is 0 Å². The number of nitrogens with one attached hydrogen (secondary N) is 2. The number of hydrogen-bond donors (Lipinski definition) is 2. The molecular formula is C18H18BrN3O3S. The SMILES string of the molecule is CN(C)C(=O)NC(=O)c1c(NC(=O)c2ccccc2Br)sc2c1CCC2. The molecule has 3 rings (SSSR count). The molecule has 136 valence electrons. The van der Waals surface area contributed by atoms with Gasteiger partial charge in [0.05, 0.1) is 11.1 Å². The number of rotatable bonds is 3. The predicted molar refractivity (Wildman–Crippen MR) is 105 cm³/mol. The number of amides is 4. The van der Waals surface area contributed by atoms with E-state index in [0.717, 1.165) is 29.7 Å².